The molecular weight excluding hydrogens is 439 g/mol. The fraction of sp³-hybridized carbons (Fsp3) is 0.136. The zero-order valence-corrected chi connectivity index (χ0v) is 16.4. The molecule has 3 aromatic rings. The summed E-state index contributed by atoms with van der Waals surface area (Å²) in [5.74, 6) is 1.28. The van der Waals surface area contributed by atoms with Gasteiger partial charge >= 0.3 is 0 Å². The van der Waals surface area contributed by atoms with E-state index in [-0.39, 0.29) is 5.78 Å². The fourth-order valence-electron chi connectivity index (χ4n) is 2.49. The van der Waals surface area contributed by atoms with Gasteiger partial charge in [0.05, 0.1) is 9.99 Å². The molecule has 0 atom stereocenters. The number of ether oxygens (including phenoxy) is 2. The van der Waals surface area contributed by atoms with Crippen molar-refractivity contribution >= 4 is 28.4 Å². The summed E-state index contributed by atoms with van der Waals surface area (Å²) in [4.78, 5) is 12.2. The van der Waals surface area contributed by atoms with Crippen LogP contribution in [-0.4, -0.2) is 10.2 Å². The summed E-state index contributed by atoms with van der Waals surface area (Å²) in [7, 11) is 0. The molecule has 0 unspecified atom stereocenters. The molecule has 0 saturated heterocycles. The van der Waals surface area contributed by atoms with E-state index in [1.807, 2.05) is 66.7 Å². The molecule has 3 nitrogen and oxygen atoms in total. The van der Waals surface area contributed by atoms with Crippen LogP contribution in [-0.2, 0) is 13.2 Å². The summed E-state index contributed by atoms with van der Waals surface area (Å²) in [6, 6.07) is 25.3. The van der Waals surface area contributed by atoms with E-state index in [1.54, 1.807) is 12.1 Å². The van der Waals surface area contributed by atoms with Crippen LogP contribution in [0.1, 0.15) is 21.5 Å². The van der Waals surface area contributed by atoms with Gasteiger partial charge in [0.15, 0.2) is 5.78 Å². The van der Waals surface area contributed by atoms with Gasteiger partial charge in [-0.05, 0) is 23.3 Å². The highest BCUT2D eigenvalue weighted by Crippen LogP contribution is 2.27. The highest BCUT2D eigenvalue weighted by atomic mass is 127. The Bertz CT molecular complexity index is 848. The monoisotopic (exact) mass is 458 g/mol. The van der Waals surface area contributed by atoms with E-state index in [0.29, 0.717) is 34.7 Å². The Morgan fingerprint density at radius 2 is 1.35 bits per heavy atom. The van der Waals surface area contributed by atoms with E-state index in [9.17, 15) is 4.79 Å². The fourth-order valence-corrected chi connectivity index (χ4v) is 2.90. The van der Waals surface area contributed by atoms with E-state index in [4.69, 9.17) is 9.47 Å². The van der Waals surface area contributed by atoms with Gasteiger partial charge in [0, 0.05) is 6.07 Å². The van der Waals surface area contributed by atoms with Crippen molar-refractivity contribution in [1.29, 1.82) is 0 Å². The lowest BCUT2D eigenvalue weighted by molar-refractivity contribution is 0.102. The normalized spacial score (nSPS) is 10.3. The zero-order chi connectivity index (χ0) is 18.2. The van der Waals surface area contributed by atoms with Crippen molar-refractivity contribution in [2.45, 2.75) is 13.2 Å². The first kappa shape index (κ1) is 18.5. The average molecular weight is 458 g/mol. The molecule has 26 heavy (non-hydrogen) atoms. The number of halogens is 1. The topological polar surface area (TPSA) is 35.5 Å². The Morgan fingerprint density at radius 1 is 0.769 bits per heavy atom. The number of benzene rings is 3. The molecule has 0 fully saturated rings. The van der Waals surface area contributed by atoms with Crippen LogP contribution in [0.15, 0.2) is 78.9 Å². The summed E-state index contributed by atoms with van der Waals surface area (Å²) in [6.45, 7) is 0.878. The summed E-state index contributed by atoms with van der Waals surface area (Å²) < 4.78 is 12.2. The van der Waals surface area contributed by atoms with Crippen LogP contribution >= 0.6 is 22.6 Å². The summed E-state index contributed by atoms with van der Waals surface area (Å²) >= 11 is 2.07. The maximum absolute atomic E-state index is 12.2. The van der Waals surface area contributed by atoms with Crippen molar-refractivity contribution in [3.63, 3.8) is 0 Å². The molecule has 3 aromatic carbocycles. The van der Waals surface area contributed by atoms with Crippen molar-refractivity contribution in [2.24, 2.45) is 0 Å². The maximum atomic E-state index is 12.2. The first-order chi connectivity index (χ1) is 12.8. The molecule has 0 N–H and O–H groups in total. The lowest BCUT2D eigenvalue weighted by Crippen LogP contribution is -2.06. The van der Waals surface area contributed by atoms with E-state index in [2.05, 4.69) is 22.6 Å². The van der Waals surface area contributed by atoms with Gasteiger partial charge in [0.25, 0.3) is 0 Å². The Kier molecular flexibility index (Phi) is 6.66. The van der Waals surface area contributed by atoms with Crippen molar-refractivity contribution in [3.05, 3.63) is 95.6 Å². The van der Waals surface area contributed by atoms with Crippen LogP contribution in [0.25, 0.3) is 0 Å². The van der Waals surface area contributed by atoms with E-state index in [1.165, 1.54) is 0 Å². The Balaban J connectivity index is 1.76. The Morgan fingerprint density at radius 3 is 1.92 bits per heavy atom. The number of Topliss-reactive ketones (excluding diaryl/α,β-unsaturated/α-hetero) is 1. The second kappa shape index (κ2) is 9.38. The molecule has 0 aliphatic heterocycles. The Hall–Kier alpha value is -2.34. The molecule has 3 rings (SSSR count). The van der Waals surface area contributed by atoms with Gasteiger partial charge in [-0.1, -0.05) is 83.3 Å². The third-order valence-electron chi connectivity index (χ3n) is 3.86. The van der Waals surface area contributed by atoms with Crippen LogP contribution in [0.4, 0.5) is 0 Å². The minimum atomic E-state index is 0.0447. The average Bonchev–Trinajstić information content (AvgIpc) is 2.71. The van der Waals surface area contributed by atoms with Gasteiger partial charge < -0.3 is 9.47 Å². The minimum absolute atomic E-state index is 0.0447. The number of hydrogen-bond acceptors (Lipinski definition) is 3. The van der Waals surface area contributed by atoms with Crippen LogP contribution in [0, 0.1) is 0 Å². The molecule has 132 valence electrons. The van der Waals surface area contributed by atoms with Gasteiger partial charge in [-0.3, -0.25) is 4.79 Å². The number of carbonyl (C=O) groups excluding carboxylic acids is 1. The van der Waals surface area contributed by atoms with Crippen molar-refractivity contribution < 1.29 is 14.3 Å². The Labute approximate surface area is 167 Å². The van der Waals surface area contributed by atoms with Crippen LogP contribution in [0.3, 0.4) is 0 Å². The summed E-state index contributed by atoms with van der Waals surface area (Å²) in [5.41, 5.74) is 2.73. The number of carbonyl (C=O) groups is 1. The van der Waals surface area contributed by atoms with Gasteiger partial charge in [-0.15, -0.1) is 0 Å². The molecule has 4 heteroatoms. The van der Waals surface area contributed by atoms with Crippen LogP contribution in [0.2, 0.25) is 0 Å². The highest BCUT2D eigenvalue weighted by molar-refractivity contribution is 14.1. The lowest BCUT2D eigenvalue weighted by Gasteiger charge is -2.13. The van der Waals surface area contributed by atoms with Crippen molar-refractivity contribution in [1.82, 2.24) is 0 Å². The zero-order valence-electron chi connectivity index (χ0n) is 14.2. The van der Waals surface area contributed by atoms with Gasteiger partial charge in [-0.25, -0.2) is 0 Å². The molecule has 0 heterocycles. The van der Waals surface area contributed by atoms with Crippen LogP contribution in [0.5, 0.6) is 11.5 Å². The van der Waals surface area contributed by atoms with Gasteiger partial charge in [0.2, 0.25) is 0 Å². The standard InChI is InChI=1S/C22H19IO3/c23-14-21(24)20-12-11-19(25-15-17-7-3-1-4-8-17)13-22(20)26-16-18-9-5-2-6-10-18/h1-13H,14-16H2. The van der Waals surface area contributed by atoms with Crippen molar-refractivity contribution in [3.8, 4) is 11.5 Å². The lowest BCUT2D eigenvalue weighted by atomic mass is 10.1. The van der Waals surface area contributed by atoms with Gasteiger partial charge in [-0.2, -0.15) is 0 Å². The minimum Gasteiger partial charge on any atom is -0.489 e. The summed E-state index contributed by atoms with van der Waals surface area (Å²) in [5, 5.41) is 0. The quantitative estimate of drug-likeness (QED) is 0.256. The second-order valence-electron chi connectivity index (χ2n) is 5.76. The molecule has 0 bridgehead atoms. The number of hydrogen-bond donors (Lipinski definition) is 0. The predicted molar refractivity (Wildman–Crippen MR) is 111 cm³/mol. The molecule has 0 aliphatic carbocycles. The predicted octanol–water partition coefficient (Wildman–Crippen LogP) is 5.46. The highest BCUT2D eigenvalue weighted by Gasteiger charge is 2.13. The molecule has 0 radical (unpaired) electrons. The first-order valence-electron chi connectivity index (χ1n) is 8.33. The SMILES string of the molecule is O=C(CI)c1ccc(OCc2ccccc2)cc1OCc1ccccc1. The number of ketones is 1. The first-order valence-corrected chi connectivity index (χ1v) is 9.85. The third kappa shape index (κ3) is 5.08. The molecule has 0 aliphatic rings. The largest absolute Gasteiger partial charge is 0.489 e. The van der Waals surface area contributed by atoms with E-state index in [0.717, 1.165) is 11.1 Å². The van der Waals surface area contributed by atoms with Crippen LogP contribution < -0.4 is 9.47 Å². The maximum Gasteiger partial charge on any atom is 0.176 e. The molecule has 0 amide bonds. The third-order valence-corrected chi connectivity index (χ3v) is 4.55. The number of rotatable bonds is 8. The smallest absolute Gasteiger partial charge is 0.176 e. The van der Waals surface area contributed by atoms with Gasteiger partial charge in [0.1, 0.15) is 24.7 Å². The number of alkyl halides is 1. The van der Waals surface area contributed by atoms with Crippen molar-refractivity contribution in [2.75, 3.05) is 4.43 Å². The molecule has 0 saturated carbocycles. The van der Waals surface area contributed by atoms with E-state index < -0.39 is 0 Å². The molecular formula is C22H19IO3. The molecule has 0 aromatic heterocycles. The summed E-state index contributed by atoms with van der Waals surface area (Å²) in [6.07, 6.45) is 0. The van der Waals surface area contributed by atoms with E-state index >= 15 is 0 Å². The second-order valence-corrected chi connectivity index (χ2v) is 6.53. The molecule has 0 spiro atoms.